The third-order valence-electron chi connectivity index (χ3n) is 3.33. The van der Waals surface area contributed by atoms with Crippen LogP contribution in [0.5, 0.6) is 0 Å². The summed E-state index contributed by atoms with van der Waals surface area (Å²) in [6.45, 7) is 0.447. The van der Waals surface area contributed by atoms with E-state index in [4.69, 9.17) is 11.6 Å². The minimum atomic E-state index is -0.107. The number of rotatable bonds is 6. The number of carbonyl (C=O) groups excluding carboxylic acids is 1. The second kappa shape index (κ2) is 7.99. The minimum Gasteiger partial charge on any atom is -0.348 e. The molecule has 0 spiro atoms. The molecule has 2 aromatic carbocycles. The molecule has 7 heteroatoms. The van der Waals surface area contributed by atoms with Gasteiger partial charge in [-0.05, 0) is 35.4 Å². The van der Waals surface area contributed by atoms with Gasteiger partial charge in [-0.3, -0.25) is 9.89 Å². The zero-order chi connectivity index (χ0) is 16.8. The van der Waals surface area contributed by atoms with Crippen LogP contribution in [0.15, 0.2) is 60.0 Å². The molecular formula is C17H15ClN4OS. The summed E-state index contributed by atoms with van der Waals surface area (Å²) < 4.78 is 0. The Labute approximate surface area is 148 Å². The number of nitrogens with zero attached hydrogens (tertiary/aromatic N) is 2. The highest BCUT2D eigenvalue weighted by Gasteiger charge is 2.06. The lowest BCUT2D eigenvalue weighted by atomic mass is 10.1. The smallest absolute Gasteiger partial charge is 0.251 e. The van der Waals surface area contributed by atoms with Crippen LogP contribution in [-0.2, 0) is 12.3 Å². The molecular weight excluding hydrogens is 344 g/mol. The lowest BCUT2D eigenvalue weighted by molar-refractivity contribution is 0.0951. The van der Waals surface area contributed by atoms with E-state index >= 15 is 0 Å². The summed E-state index contributed by atoms with van der Waals surface area (Å²) >= 11 is 7.50. The quantitative estimate of drug-likeness (QED) is 0.659. The Bertz CT molecular complexity index is 806. The van der Waals surface area contributed by atoms with Gasteiger partial charge in [-0.1, -0.05) is 47.6 Å². The monoisotopic (exact) mass is 358 g/mol. The van der Waals surface area contributed by atoms with Gasteiger partial charge >= 0.3 is 0 Å². The van der Waals surface area contributed by atoms with Crippen LogP contribution in [0.3, 0.4) is 0 Å². The number of H-pyrrole nitrogens is 1. The first-order chi connectivity index (χ1) is 11.7. The Balaban J connectivity index is 1.53. The van der Waals surface area contributed by atoms with Gasteiger partial charge in [0.2, 0.25) is 0 Å². The van der Waals surface area contributed by atoms with Crippen molar-refractivity contribution in [3.63, 3.8) is 0 Å². The van der Waals surface area contributed by atoms with Crippen molar-refractivity contribution in [2.45, 2.75) is 17.5 Å². The van der Waals surface area contributed by atoms with Crippen LogP contribution in [0.2, 0.25) is 5.02 Å². The number of amides is 1. The predicted octanol–water partition coefficient (Wildman–Crippen LogP) is 3.68. The first kappa shape index (κ1) is 16.5. The maximum atomic E-state index is 12.2. The maximum Gasteiger partial charge on any atom is 0.251 e. The van der Waals surface area contributed by atoms with Crippen molar-refractivity contribution in [3.05, 3.63) is 76.6 Å². The number of halogens is 1. The molecule has 0 radical (unpaired) electrons. The van der Waals surface area contributed by atoms with E-state index in [1.54, 1.807) is 11.8 Å². The molecule has 0 aliphatic carbocycles. The topological polar surface area (TPSA) is 70.7 Å². The third-order valence-corrected chi connectivity index (χ3v) is 4.51. The molecule has 1 aromatic heterocycles. The summed E-state index contributed by atoms with van der Waals surface area (Å²) in [5.41, 5.74) is 2.71. The number of hydrogen-bond donors (Lipinski definition) is 2. The Morgan fingerprint density at radius 3 is 2.71 bits per heavy atom. The predicted molar refractivity (Wildman–Crippen MR) is 95.0 cm³/mol. The van der Waals surface area contributed by atoms with Crippen molar-refractivity contribution < 1.29 is 4.79 Å². The lowest BCUT2D eigenvalue weighted by Crippen LogP contribution is -2.22. The van der Waals surface area contributed by atoms with Gasteiger partial charge in [0.15, 0.2) is 5.16 Å². The van der Waals surface area contributed by atoms with E-state index in [0.29, 0.717) is 17.1 Å². The fourth-order valence-electron chi connectivity index (χ4n) is 2.10. The molecule has 0 aliphatic heterocycles. The maximum absolute atomic E-state index is 12.2. The van der Waals surface area contributed by atoms with E-state index < -0.39 is 0 Å². The molecule has 2 N–H and O–H groups in total. The van der Waals surface area contributed by atoms with Crippen LogP contribution in [-0.4, -0.2) is 21.1 Å². The summed E-state index contributed by atoms with van der Waals surface area (Å²) in [6, 6.07) is 15.0. The van der Waals surface area contributed by atoms with Crippen LogP contribution in [0, 0.1) is 0 Å². The van der Waals surface area contributed by atoms with Gasteiger partial charge in [0, 0.05) is 22.9 Å². The Morgan fingerprint density at radius 1 is 1.17 bits per heavy atom. The summed E-state index contributed by atoms with van der Waals surface area (Å²) in [5, 5.41) is 10.9. The van der Waals surface area contributed by atoms with E-state index in [1.165, 1.54) is 6.33 Å². The largest absolute Gasteiger partial charge is 0.348 e. The minimum absolute atomic E-state index is 0.107. The van der Waals surface area contributed by atoms with Crippen molar-refractivity contribution in [1.82, 2.24) is 20.5 Å². The van der Waals surface area contributed by atoms with E-state index in [-0.39, 0.29) is 5.91 Å². The van der Waals surface area contributed by atoms with Gasteiger partial charge in [0.05, 0.1) is 0 Å². The number of aromatic amines is 1. The molecule has 3 aromatic rings. The molecule has 3 rings (SSSR count). The molecule has 0 saturated carbocycles. The van der Waals surface area contributed by atoms with Gasteiger partial charge in [0.25, 0.3) is 5.91 Å². The average molecular weight is 359 g/mol. The normalized spacial score (nSPS) is 10.5. The second-order valence-electron chi connectivity index (χ2n) is 5.09. The zero-order valence-electron chi connectivity index (χ0n) is 12.7. The molecule has 0 unspecified atom stereocenters. The van der Waals surface area contributed by atoms with Gasteiger partial charge in [-0.25, -0.2) is 4.98 Å². The second-order valence-corrected chi connectivity index (χ2v) is 6.49. The third kappa shape index (κ3) is 4.59. The first-order valence-corrected chi connectivity index (χ1v) is 8.67. The molecule has 24 heavy (non-hydrogen) atoms. The standard InChI is InChI=1S/C17H15ClN4OS/c18-15-3-1-2-13(8-15)9-19-16(23)14-6-4-12(5-7-14)10-24-17-20-11-21-22-17/h1-8,11H,9-10H2,(H,19,23)(H,20,21,22). The molecule has 122 valence electrons. The molecule has 0 bridgehead atoms. The zero-order valence-corrected chi connectivity index (χ0v) is 14.3. The SMILES string of the molecule is O=C(NCc1cccc(Cl)c1)c1ccc(CSc2ncn[nH]2)cc1. The van der Waals surface area contributed by atoms with Crippen molar-refractivity contribution in [2.24, 2.45) is 0 Å². The van der Waals surface area contributed by atoms with Gasteiger partial charge < -0.3 is 5.32 Å². The average Bonchev–Trinajstić information content (AvgIpc) is 3.12. The summed E-state index contributed by atoms with van der Waals surface area (Å²) in [6.07, 6.45) is 1.48. The molecule has 5 nitrogen and oxygen atoms in total. The van der Waals surface area contributed by atoms with E-state index in [0.717, 1.165) is 22.0 Å². The summed E-state index contributed by atoms with van der Waals surface area (Å²) in [7, 11) is 0. The molecule has 0 aliphatic rings. The highest BCUT2D eigenvalue weighted by atomic mass is 35.5. The summed E-state index contributed by atoms with van der Waals surface area (Å²) in [4.78, 5) is 16.2. The Hall–Kier alpha value is -2.31. The fourth-order valence-corrected chi connectivity index (χ4v) is 3.05. The van der Waals surface area contributed by atoms with E-state index in [9.17, 15) is 4.79 Å². The number of hydrogen-bond acceptors (Lipinski definition) is 4. The highest BCUT2D eigenvalue weighted by molar-refractivity contribution is 7.98. The van der Waals surface area contributed by atoms with Crippen LogP contribution in [0.25, 0.3) is 0 Å². The molecule has 1 amide bonds. The number of thioether (sulfide) groups is 1. The molecule has 1 heterocycles. The van der Waals surface area contributed by atoms with Gasteiger partial charge in [0.1, 0.15) is 6.33 Å². The molecule has 0 saturated heterocycles. The highest BCUT2D eigenvalue weighted by Crippen LogP contribution is 2.18. The van der Waals surface area contributed by atoms with Crippen molar-refractivity contribution in [3.8, 4) is 0 Å². The first-order valence-electron chi connectivity index (χ1n) is 7.30. The fraction of sp³-hybridized carbons (Fsp3) is 0.118. The summed E-state index contributed by atoms with van der Waals surface area (Å²) in [5.74, 6) is 0.656. The van der Waals surface area contributed by atoms with Crippen molar-refractivity contribution >= 4 is 29.3 Å². The Kier molecular flexibility index (Phi) is 5.51. The number of nitrogens with one attached hydrogen (secondary N) is 2. The van der Waals surface area contributed by atoms with Gasteiger partial charge in [-0.15, -0.1) is 0 Å². The van der Waals surface area contributed by atoms with Crippen LogP contribution in [0.4, 0.5) is 0 Å². The Morgan fingerprint density at radius 2 is 2.00 bits per heavy atom. The van der Waals surface area contributed by atoms with Gasteiger partial charge in [-0.2, -0.15) is 5.10 Å². The molecule has 0 fully saturated rings. The van der Waals surface area contributed by atoms with Crippen LogP contribution >= 0.6 is 23.4 Å². The van der Waals surface area contributed by atoms with Crippen molar-refractivity contribution in [2.75, 3.05) is 0 Å². The van der Waals surface area contributed by atoms with E-state index in [1.807, 2.05) is 48.5 Å². The van der Waals surface area contributed by atoms with Crippen LogP contribution < -0.4 is 5.32 Å². The number of benzene rings is 2. The lowest BCUT2D eigenvalue weighted by Gasteiger charge is -2.07. The molecule has 0 atom stereocenters. The van der Waals surface area contributed by atoms with E-state index in [2.05, 4.69) is 20.5 Å². The van der Waals surface area contributed by atoms with Crippen LogP contribution in [0.1, 0.15) is 21.5 Å². The number of carbonyl (C=O) groups is 1. The number of aromatic nitrogens is 3. The van der Waals surface area contributed by atoms with Crippen molar-refractivity contribution in [1.29, 1.82) is 0 Å².